The number of hydrogen-bond acceptors (Lipinski definition) is 3. The van der Waals surface area contributed by atoms with Crippen LogP contribution in [0.25, 0.3) is 18.2 Å². The van der Waals surface area contributed by atoms with Crippen LogP contribution in [0.1, 0.15) is 16.7 Å². The summed E-state index contributed by atoms with van der Waals surface area (Å²) in [5.74, 6) is -1.23. The van der Waals surface area contributed by atoms with Crippen LogP contribution in [-0.2, 0) is 4.79 Å². The van der Waals surface area contributed by atoms with E-state index in [2.05, 4.69) is 97.3 Å². The number of nitrogens with zero attached hydrogens (tertiary/aromatic N) is 2. The number of nitriles is 1. The molecule has 0 aliphatic heterocycles. The molecule has 1 N–H and O–H groups in total. The van der Waals surface area contributed by atoms with Crippen molar-refractivity contribution in [3.8, 4) is 6.07 Å². The molecule has 0 saturated heterocycles. The Hall–Kier alpha value is -4.66. The molecule has 0 aliphatic carbocycles. The fraction of sp³-hybridized carbons (Fsp3) is 0.0909. The van der Waals surface area contributed by atoms with Crippen LogP contribution in [0.5, 0.6) is 0 Å². The van der Waals surface area contributed by atoms with Gasteiger partial charge < -0.3 is 10.0 Å². The molecular weight excluding hydrogens is 484 g/mol. The zero-order chi connectivity index (χ0) is 27.1. The van der Waals surface area contributed by atoms with E-state index in [1.54, 1.807) is 18.2 Å². The SMILES string of the molecule is C[Si](C)(C)c1ccc(N(c2ccccc2)c2ccc(/C=C/c3ccc(/C=C(/C#N)C(=O)O)cc3)cc2)cc1. The Bertz CT molecular complexity index is 1490. The van der Waals surface area contributed by atoms with E-state index in [0.717, 1.165) is 28.2 Å². The molecule has 0 aliphatic rings. The third-order valence-corrected chi connectivity index (χ3v) is 8.29. The monoisotopic (exact) mass is 514 g/mol. The van der Waals surface area contributed by atoms with E-state index in [0.29, 0.717) is 5.56 Å². The van der Waals surface area contributed by atoms with Crippen LogP contribution in [0.2, 0.25) is 19.6 Å². The molecule has 0 spiro atoms. The predicted molar refractivity (Wildman–Crippen MR) is 161 cm³/mol. The molecule has 4 rings (SSSR count). The number of carbonyl (C=O) groups is 1. The quantitative estimate of drug-likeness (QED) is 0.112. The summed E-state index contributed by atoms with van der Waals surface area (Å²) >= 11 is 0. The first-order chi connectivity index (χ1) is 18.2. The second kappa shape index (κ2) is 11.6. The van der Waals surface area contributed by atoms with E-state index in [-0.39, 0.29) is 5.57 Å². The summed E-state index contributed by atoms with van der Waals surface area (Å²) in [7, 11) is -1.38. The van der Waals surface area contributed by atoms with E-state index in [4.69, 9.17) is 10.4 Å². The summed E-state index contributed by atoms with van der Waals surface area (Å²) in [5.41, 5.74) is 5.74. The summed E-state index contributed by atoms with van der Waals surface area (Å²) in [4.78, 5) is 13.3. The number of benzene rings is 4. The minimum atomic E-state index is -1.38. The van der Waals surface area contributed by atoms with Crippen molar-refractivity contribution in [2.75, 3.05) is 4.90 Å². The van der Waals surface area contributed by atoms with Crippen molar-refractivity contribution in [1.29, 1.82) is 5.26 Å². The standard InChI is InChI=1S/C33H30N2O2Si/c1-38(2,3)32-21-19-31(20-22-32)35(29-7-5-4-6-8-29)30-17-15-26(16-18-30)10-9-25-11-13-27(14-12-25)23-28(24-34)33(36)37/h4-23H,1-3H3,(H,36,37)/b10-9+,28-23-. The average molecular weight is 515 g/mol. The maximum Gasteiger partial charge on any atom is 0.346 e. The zero-order valence-corrected chi connectivity index (χ0v) is 22.8. The lowest BCUT2D eigenvalue weighted by Gasteiger charge is -2.26. The molecule has 0 amide bonds. The van der Waals surface area contributed by atoms with Gasteiger partial charge in [0.2, 0.25) is 0 Å². The van der Waals surface area contributed by atoms with Crippen LogP contribution >= 0.6 is 0 Å². The van der Waals surface area contributed by atoms with Gasteiger partial charge in [-0.25, -0.2) is 4.79 Å². The predicted octanol–water partition coefficient (Wildman–Crippen LogP) is 7.86. The van der Waals surface area contributed by atoms with Crippen molar-refractivity contribution in [3.05, 3.63) is 125 Å². The van der Waals surface area contributed by atoms with E-state index >= 15 is 0 Å². The molecule has 188 valence electrons. The van der Waals surface area contributed by atoms with Crippen LogP contribution in [-0.4, -0.2) is 19.1 Å². The van der Waals surface area contributed by atoms with Gasteiger partial charge in [0, 0.05) is 17.1 Å². The normalized spacial score (nSPS) is 11.8. The van der Waals surface area contributed by atoms with Crippen molar-refractivity contribution >= 4 is 54.5 Å². The molecule has 0 saturated carbocycles. The number of hydrogen-bond donors (Lipinski definition) is 1. The molecule has 0 radical (unpaired) electrons. The fourth-order valence-corrected chi connectivity index (χ4v) is 5.24. The van der Waals surface area contributed by atoms with Gasteiger partial charge in [-0.05, 0) is 59.2 Å². The van der Waals surface area contributed by atoms with Crippen molar-refractivity contribution < 1.29 is 9.90 Å². The van der Waals surface area contributed by atoms with Crippen LogP contribution < -0.4 is 10.1 Å². The summed E-state index contributed by atoms with van der Waals surface area (Å²) in [6.07, 6.45) is 5.42. The number of rotatable bonds is 8. The Morgan fingerprint density at radius 2 is 1.16 bits per heavy atom. The van der Waals surface area contributed by atoms with Crippen LogP contribution in [0.15, 0.2) is 109 Å². The Labute approximate surface area is 225 Å². The van der Waals surface area contributed by atoms with Gasteiger partial charge in [0.15, 0.2) is 0 Å². The van der Waals surface area contributed by atoms with Gasteiger partial charge in [-0.15, -0.1) is 0 Å². The van der Waals surface area contributed by atoms with Gasteiger partial charge in [0.25, 0.3) is 0 Å². The first-order valence-corrected chi connectivity index (χ1v) is 15.9. The summed E-state index contributed by atoms with van der Waals surface area (Å²) in [6, 6.07) is 36.9. The number of carboxylic acids is 1. The Kier molecular flexibility index (Phi) is 8.05. The van der Waals surface area contributed by atoms with Gasteiger partial charge in [-0.1, -0.05) is 104 Å². The van der Waals surface area contributed by atoms with Gasteiger partial charge in [-0.2, -0.15) is 5.26 Å². The number of carboxylic acid groups (broad SMARTS) is 1. The van der Waals surface area contributed by atoms with Crippen molar-refractivity contribution in [2.24, 2.45) is 0 Å². The molecule has 0 unspecified atom stereocenters. The second-order valence-electron chi connectivity index (χ2n) is 10.0. The lowest BCUT2D eigenvalue weighted by Crippen LogP contribution is -2.37. The molecule has 4 aromatic carbocycles. The Morgan fingerprint density at radius 3 is 1.63 bits per heavy atom. The van der Waals surface area contributed by atoms with E-state index in [1.165, 1.54) is 11.3 Å². The van der Waals surface area contributed by atoms with Crippen molar-refractivity contribution in [3.63, 3.8) is 0 Å². The highest BCUT2D eigenvalue weighted by molar-refractivity contribution is 6.88. The van der Waals surface area contributed by atoms with Crippen molar-refractivity contribution in [2.45, 2.75) is 19.6 Å². The largest absolute Gasteiger partial charge is 0.477 e. The average Bonchev–Trinajstić information content (AvgIpc) is 2.92. The fourth-order valence-electron chi connectivity index (χ4n) is 4.07. The molecule has 0 aromatic heterocycles. The topological polar surface area (TPSA) is 64.3 Å². The van der Waals surface area contributed by atoms with Gasteiger partial charge in [0.1, 0.15) is 11.6 Å². The van der Waals surface area contributed by atoms with Crippen LogP contribution in [0.3, 0.4) is 0 Å². The first-order valence-electron chi connectivity index (χ1n) is 12.4. The Balaban J connectivity index is 1.56. The summed E-state index contributed by atoms with van der Waals surface area (Å²) in [5, 5.41) is 19.4. The number of para-hydroxylation sites is 1. The highest BCUT2D eigenvalue weighted by atomic mass is 28.3. The maximum atomic E-state index is 11.0. The smallest absolute Gasteiger partial charge is 0.346 e. The first kappa shape index (κ1) is 26.4. The van der Waals surface area contributed by atoms with E-state index in [1.807, 2.05) is 30.4 Å². The van der Waals surface area contributed by atoms with Crippen molar-refractivity contribution in [1.82, 2.24) is 0 Å². The summed E-state index contributed by atoms with van der Waals surface area (Å²) < 4.78 is 0. The third kappa shape index (κ3) is 6.55. The zero-order valence-electron chi connectivity index (χ0n) is 21.8. The third-order valence-electron chi connectivity index (χ3n) is 6.22. The minimum absolute atomic E-state index is 0.287. The van der Waals surface area contributed by atoms with E-state index in [9.17, 15) is 4.79 Å². The lowest BCUT2D eigenvalue weighted by molar-refractivity contribution is -0.132. The molecule has 4 nitrogen and oxygen atoms in total. The second-order valence-corrected chi connectivity index (χ2v) is 15.1. The molecule has 4 aromatic rings. The van der Waals surface area contributed by atoms with Gasteiger partial charge >= 0.3 is 5.97 Å². The van der Waals surface area contributed by atoms with E-state index < -0.39 is 14.0 Å². The molecule has 0 heterocycles. The number of anilines is 3. The van der Waals surface area contributed by atoms with Crippen LogP contribution in [0, 0.1) is 11.3 Å². The molecule has 5 heteroatoms. The molecule has 38 heavy (non-hydrogen) atoms. The number of aliphatic carboxylic acids is 1. The Morgan fingerprint density at radius 1 is 0.711 bits per heavy atom. The molecular formula is C33H30N2O2Si. The molecule has 0 atom stereocenters. The highest BCUT2D eigenvalue weighted by Gasteiger charge is 2.17. The minimum Gasteiger partial charge on any atom is -0.477 e. The molecule has 0 fully saturated rings. The maximum absolute atomic E-state index is 11.0. The lowest BCUT2D eigenvalue weighted by atomic mass is 10.1. The highest BCUT2D eigenvalue weighted by Crippen LogP contribution is 2.34. The summed E-state index contributed by atoms with van der Waals surface area (Å²) in [6.45, 7) is 7.08. The van der Waals surface area contributed by atoms with Gasteiger partial charge in [0.05, 0.1) is 8.07 Å². The van der Waals surface area contributed by atoms with Crippen LogP contribution in [0.4, 0.5) is 17.1 Å². The molecule has 0 bridgehead atoms. The van der Waals surface area contributed by atoms with Gasteiger partial charge in [-0.3, -0.25) is 0 Å².